The van der Waals surface area contributed by atoms with Crippen molar-refractivity contribution in [2.24, 2.45) is 0 Å². The van der Waals surface area contributed by atoms with Crippen LogP contribution in [-0.4, -0.2) is 45.0 Å². The molecule has 134 valence electrons. The second kappa shape index (κ2) is 7.72. The first-order chi connectivity index (χ1) is 11.3. The van der Waals surface area contributed by atoms with E-state index in [1.54, 1.807) is 24.8 Å². The summed E-state index contributed by atoms with van der Waals surface area (Å²) in [6.07, 6.45) is 1.01. The number of amides is 1. The minimum absolute atomic E-state index is 0.00124. The summed E-state index contributed by atoms with van der Waals surface area (Å²) in [5.41, 5.74) is 0.740. The van der Waals surface area contributed by atoms with Crippen LogP contribution in [0, 0.1) is 6.92 Å². The van der Waals surface area contributed by atoms with Crippen molar-refractivity contribution in [1.82, 2.24) is 9.62 Å². The molecule has 24 heavy (non-hydrogen) atoms. The zero-order chi connectivity index (χ0) is 17.9. The Morgan fingerprint density at radius 3 is 2.71 bits per heavy atom. The number of carbonyl (C=O) groups excluding carboxylic acids is 1. The fraction of sp³-hybridized carbons (Fsp3) is 0.562. The van der Waals surface area contributed by atoms with Gasteiger partial charge in [-0.05, 0) is 38.0 Å². The van der Waals surface area contributed by atoms with Crippen molar-refractivity contribution in [2.45, 2.75) is 44.6 Å². The molecule has 1 fully saturated rings. The van der Waals surface area contributed by atoms with Crippen molar-refractivity contribution in [2.75, 3.05) is 19.7 Å². The van der Waals surface area contributed by atoms with Gasteiger partial charge in [0.15, 0.2) is 0 Å². The van der Waals surface area contributed by atoms with E-state index in [9.17, 15) is 13.2 Å². The van der Waals surface area contributed by atoms with E-state index in [1.165, 1.54) is 6.07 Å². The maximum Gasteiger partial charge on any atom is 0.244 e. The fourth-order valence-corrected chi connectivity index (χ4v) is 4.34. The third-order valence-electron chi connectivity index (χ3n) is 3.84. The van der Waals surface area contributed by atoms with Gasteiger partial charge in [-0.2, -0.15) is 0 Å². The number of aryl methyl sites for hydroxylation is 1. The lowest BCUT2D eigenvalue weighted by Gasteiger charge is -2.18. The van der Waals surface area contributed by atoms with Crippen molar-refractivity contribution in [3.63, 3.8) is 0 Å². The first-order valence-electron chi connectivity index (χ1n) is 8.01. The highest BCUT2D eigenvalue weighted by Gasteiger charge is 2.33. The molecular weight excluding hydrogens is 352 g/mol. The van der Waals surface area contributed by atoms with Crippen LogP contribution in [0.25, 0.3) is 0 Å². The molecule has 1 saturated heterocycles. The molecule has 0 radical (unpaired) electrons. The molecule has 1 atom stereocenters. The standard InChI is InChI=1S/C16H23ClN2O4S/c1-4-6-19-10-12(8-16(19)20)18-24(21,22)15-9-13(17)11(3)7-14(15)23-5-2/h7,9,12,18H,4-6,8,10H2,1-3H3. The molecule has 0 saturated carbocycles. The summed E-state index contributed by atoms with van der Waals surface area (Å²) in [5.74, 6) is 0.234. The van der Waals surface area contributed by atoms with Gasteiger partial charge < -0.3 is 9.64 Å². The number of nitrogens with one attached hydrogen (secondary N) is 1. The quantitative estimate of drug-likeness (QED) is 0.794. The molecule has 1 N–H and O–H groups in total. The number of sulfonamides is 1. The Kier molecular flexibility index (Phi) is 6.11. The van der Waals surface area contributed by atoms with E-state index in [4.69, 9.17) is 16.3 Å². The molecule has 0 aromatic heterocycles. The van der Waals surface area contributed by atoms with E-state index in [2.05, 4.69) is 4.72 Å². The van der Waals surface area contributed by atoms with Crippen molar-refractivity contribution in [3.05, 3.63) is 22.7 Å². The number of halogens is 1. The van der Waals surface area contributed by atoms with Gasteiger partial charge in [0.1, 0.15) is 10.6 Å². The van der Waals surface area contributed by atoms with Crippen LogP contribution < -0.4 is 9.46 Å². The summed E-state index contributed by atoms with van der Waals surface area (Å²) in [5, 5.41) is 0.355. The van der Waals surface area contributed by atoms with Crippen molar-refractivity contribution < 1.29 is 17.9 Å². The molecule has 1 heterocycles. The first kappa shape index (κ1) is 19.0. The first-order valence-corrected chi connectivity index (χ1v) is 9.87. The van der Waals surface area contributed by atoms with Crippen LogP contribution in [0.1, 0.15) is 32.3 Å². The third-order valence-corrected chi connectivity index (χ3v) is 5.79. The number of hydrogen-bond donors (Lipinski definition) is 1. The molecule has 2 rings (SSSR count). The van der Waals surface area contributed by atoms with Crippen LogP contribution in [-0.2, 0) is 14.8 Å². The summed E-state index contributed by atoms with van der Waals surface area (Å²) < 4.78 is 33.5. The highest BCUT2D eigenvalue weighted by molar-refractivity contribution is 7.89. The molecule has 1 amide bonds. The van der Waals surface area contributed by atoms with Gasteiger partial charge in [0.25, 0.3) is 0 Å². The molecule has 1 aromatic carbocycles. The van der Waals surface area contributed by atoms with Gasteiger partial charge in [-0.15, -0.1) is 0 Å². The highest BCUT2D eigenvalue weighted by Crippen LogP contribution is 2.31. The van der Waals surface area contributed by atoms with Crippen molar-refractivity contribution >= 4 is 27.5 Å². The minimum atomic E-state index is -3.84. The largest absolute Gasteiger partial charge is 0.492 e. The lowest BCUT2D eigenvalue weighted by atomic mass is 10.2. The van der Waals surface area contributed by atoms with Gasteiger partial charge in [-0.3, -0.25) is 4.79 Å². The molecule has 1 aliphatic rings. The van der Waals surface area contributed by atoms with Crippen LogP contribution >= 0.6 is 11.6 Å². The molecule has 1 unspecified atom stereocenters. The number of likely N-dealkylation sites (tertiary alicyclic amines) is 1. The van der Waals surface area contributed by atoms with E-state index in [-0.39, 0.29) is 23.0 Å². The van der Waals surface area contributed by atoms with Gasteiger partial charge in [0.2, 0.25) is 15.9 Å². The summed E-state index contributed by atoms with van der Waals surface area (Å²) in [7, 11) is -3.84. The molecule has 1 aromatic rings. The van der Waals surface area contributed by atoms with Crippen molar-refractivity contribution in [1.29, 1.82) is 0 Å². The topological polar surface area (TPSA) is 75.7 Å². The van der Waals surface area contributed by atoms with Crippen LogP contribution in [0.2, 0.25) is 5.02 Å². The maximum absolute atomic E-state index is 12.7. The molecule has 0 spiro atoms. The molecule has 0 bridgehead atoms. The number of hydrogen-bond acceptors (Lipinski definition) is 4. The lowest BCUT2D eigenvalue weighted by Crippen LogP contribution is -2.37. The Morgan fingerprint density at radius 1 is 1.38 bits per heavy atom. The number of nitrogens with zero attached hydrogens (tertiary/aromatic N) is 1. The van der Waals surface area contributed by atoms with E-state index >= 15 is 0 Å². The lowest BCUT2D eigenvalue weighted by molar-refractivity contribution is -0.127. The Hall–Kier alpha value is -1.31. The average molecular weight is 375 g/mol. The van der Waals surface area contributed by atoms with Gasteiger partial charge in [0.05, 0.1) is 6.61 Å². The molecular formula is C16H23ClN2O4S. The summed E-state index contributed by atoms with van der Waals surface area (Å²) in [6, 6.07) is 2.57. The predicted molar refractivity (Wildman–Crippen MR) is 93.0 cm³/mol. The molecule has 1 aliphatic heterocycles. The van der Waals surface area contributed by atoms with Gasteiger partial charge in [-0.1, -0.05) is 18.5 Å². The summed E-state index contributed by atoms with van der Waals surface area (Å²) in [4.78, 5) is 13.6. The van der Waals surface area contributed by atoms with Gasteiger partial charge >= 0.3 is 0 Å². The zero-order valence-corrected chi connectivity index (χ0v) is 15.7. The highest BCUT2D eigenvalue weighted by atomic mass is 35.5. The average Bonchev–Trinajstić information content (AvgIpc) is 2.82. The number of benzene rings is 1. The van der Waals surface area contributed by atoms with Crippen molar-refractivity contribution in [3.8, 4) is 5.75 Å². The van der Waals surface area contributed by atoms with Crippen LogP contribution in [0.4, 0.5) is 0 Å². The van der Waals surface area contributed by atoms with Crippen LogP contribution in [0.15, 0.2) is 17.0 Å². The number of rotatable bonds is 7. The number of carbonyl (C=O) groups is 1. The molecule has 6 nitrogen and oxygen atoms in total. The second-order valence-electron chi connectivity index (χ2n) is 5.84. The Morgan fingerprint density at radius 2 is 2.08 bits per heavy atom. The molecule has 8 heteroatoms. The monoisotopic (exact) mass is 374 g/mol. The molecule has 0 aliphatic carbocycles. The third kappa shape index (κ3) is 4.20. The minimum Gasteiger partial charge on any atom is -0.492 e. The second-order valence-corrected chi connectivity index (χ2v) is 7.93. The van der Waals surface area contributed by atoms with E-state index in [1.807, 2.05) is 6.92 Å². The normalized spacial score (nSPS) is 18.2. The van der Waals surface area contributed by atoms with Gasteiger partial charge in [0, 0.05) is 30.6 Å². The van der Waals surface area contributed by atoms with Crippen LogP contribution in [0.5, 0.6) is 5.75 Å². The summed E-state index contributed by atoms with van der Waals surface area (Å²) >= 11 is 6.09. The summed E-state index contributed by atoms with van der Waals surface area (Å²) in [6.45, 7) is 6.91. The van der Waals surface area contributed by atoms with Gasteiger partial charge in [-0.25, -0.2) is 13.1 Å². The Labute approximate surface area is 148 Å². The SMILES string of the molecule is CCCN1CC(NS(=O)(=O)c2cc(Cl)c(C)cc2OCC)CC1=O. The van der Waals surface area contributed by atoms with E-state index < -0.39 is 16.1 Å². The maximum atomic E-state index is 12.7. The van der Waals surface area contributed by atoms with E-state index in [0.717, 1.165) is 12.0 Å². The fourth-order valence-electron chi connectivity index (χ4n) is 2.74. The van der Waals surface area contributed by atoms with Crippen LogP contribution in [0.3, 0.4) is 0 Å². The number of ether oxygens (including phenoxy) is 1. The smallest absolute Gasteiger partial charge is 0.244 e. The Bertz CT molecular complexity index is 721. The predicted octanol–water partition coefficient (Wildman–Crippen LogP) is 2.34. The zero-order valence-electron chi connectivity index (χ0n) is 14.1. The van der Waals surface area contributed by atoms with E-state index in [0.29, 0.717) is 24.7 Å². The Balaban J connectivity index is 2.25.